The third-order valence-corrected chi connectivity index (χ3v) is 2.11. The van der Waals surface area contributed by atoms with E-state index in [4.69, 9.17) is 0 Å². The van der Waals surface area contributed by atoms with E-state index in [1.165, 1.54) is 6.07 Å². The first kappa shape index (κ1) is 10.2. The second-order valence-electron chi connectivity index (χ2n) is 2.66. The molecule has 0 aliphatic carbocycles. The zero-order valence-electron chi connectivity index (χ0n) is 7.00. The molecule has 0 amide bonds. The topological polar surface area (TPSA) is 43.1 Å². The van der Waals surface area contributed by atoms with Crippen molar-refractivity contribution in [2.75, 3.05) is 5.33 Å². The van der Waals surface area contributed by atoms with Crippen LogP contribution in [-0.2, 0) is 6.42 Å². The van der Waals surface area contributed by atoms with Crippen LogP contribution >= 0.6 is 15.9 Å². The number of nitro groups is 1. The molecule has 1 aromatic rings. The number of alkyl halides is 1. The summed E-state index contributed by atoms with van der Waals surface area (Å²) in [7, 11) is 0. The van der Waals surface area contributed by atoms with Crippen molar-refractivity contribution >= 4 is 21.6 Å². The van der Waals surface area contributed by atoms with Gasteiger partial charge in [0, 0.05) is 17.0 Å². The maximum Gasteiger partial charge on any atom is 0.272 e. The van der Waals surface area contributed by atoms with Crippen molar-refractivity contribution in [3.63, 3.8) is 0 Å². The van der Waals surface area contributed by atoms with Crippen molar-refractivity contribution in [1.82, 2.24) is 0 Å². The number of hydrogen-bond donors (Lipinski definition) is 0. The van der Waals surface area contributed by atoms with Gasteiger partial charge in [0.15, 0.2) is 0 Å². The molecule has 0 heterocycles. The van der Waals surface area contributed by atoms with Gasteiger partial charge in [-0.2, -0.15) is 0 Å². The normalized spacial score (nSPS) is 10.0. The first-order valence-corrected chi connectivity index (χ1v) is 4.92. The molecule has 0 N–H and O–H groups in total. The monoisotopic (exact) mass is 242 g/mol. The minimum Gasteiger partial charge on any atom is -0.258 e. The summed E-state index contributed by atoms with van der Waals surface area (Å²) in [6, 6.07) is 5.03. The molecule has 3 nitrogen and oxygen atoms in total. The summed E-state index contributed by atoms with van der Waals surface area (Å²) < 4.78 is 0. The second-order valence-corrected chi connectivity index (χ2v) is 3.45. The zero-order valence-corrected chi connectivity index (χ0v) is 8.58. The molecule has 1 rings (SSSR count). The SMILES string of the molecule is [CH2]c1ccc(CCBr)c([N+](=O)[O-])c1. The largest absolute Gasteiger partial charge is 0.272 e. The lowest BCUT2D eigenvalue weighted by Gasteiger charge is -2.00. The number of nitrogens with zero attached hydrogens (tertiary/aromatic N) is 1. The molecular weight excluding hydrogens is 234 g/mol. The molecule has 1 aromatic carbocycles. The van der Waals surface area contributed by atoms with Gasteiger partial charge in [-0.1, -0.05) is 28.1 Å². The molecular formula is C9H9BrNO2. The highest BCUT2D eigenvalue weighted by Gasteiger charge is 2.12. The second kappa shape index (κ2) is 4.37. The quantitative estimate of drug-likeness (QED) is 0.465. The van der Waals surface area contributed by atoms with Crippen LogP contribution in [0.5, 0.6) is 0 Å². The van der Waals surface area contributed by atoms with Gasteiger partial charge in [-0.25, -0.2) is 0 Å². The summed E-state index contributed by atoms with van der Waals surface area (Å²) in [4.78, 5) is 10.2. The molecule has 0 saturated carbocycles. The van der Waals surface area contributed by atoms with E-state index in [9.17, 15) is 10.1 Å². The van der Waals surface area contributed by atoms with Gasteiger partial charge in [0.05, 0.1) is 4.92 Å². The van der Waals surface area contributed by atoms with Crippen LogP contribution in [0, 0.1) is 17.0 Å². The van der Waals surface area contributed by atoms with Gasteiger partial charge in [-0.05, 0) is 18.9 Å². The molecule has 0 aliphatic heterocycles. The average molecular weight is 243 g/mol. The molecule has 0 bridgehead atoms. The van der Waals surface area contributed by atoms with E-state index in [1.54, 1.807) is 12.1 Å². The molecule has 0 aromatic heterocycles. The Morgan fingerprint density at radius 2 is 2.23 bits per heavy atom. The molecule has 13 heavy (non-hydrogen) atoms. The Hall–Kier alpha value is -0.900. The summed E-state index contributed by atoms with van der Waals surface area (Å²) in [5.41, 5.74) is 1.58. The van der Waals surface area contributed by atoms with Crippen molar-refractivity contribution in [3.05, 3.63) is 46.4 Å². The van der Waals surface area contributed by atoms with E-state index in [0.717, 1.165) is 10.9 Å². The van der Waals surface area contributed by atoms with Crippen molar-refractivity contribution in [1.29, 1.82) is 0 Å². The molecule has 0 aliphatic rings. The Morgan fingerprint density at radius 3 is 2.77 bits per heavy atom. The highest BCUT2D eigenvalue weighted by Crippen LogP contribution is 2.20. The third-order valence-electron chi connectivity index (χ3n) is 1.71. The van der Waals surface area contributed by atoms with Gasteiger partial charge >= 0.3 is 0 Å². The van der Waals surface area contributed by atoms with Crippen LogP contribution in [0.1, 0.15) is 11.1 Å². The Kier molecular flexibility index (Phi) is 3.42. The van der Waals surface area contributed by atoms with Gasteiger partial charge < -0.3 is 0 Å². The summed E-state index contributed by atoms with van der Waals surface area (Å²) in [5.74, 6) is 0. The van der Waals surface area contributed by atoms with Gasteiger partial charge in [-0.15, -0.1) is 0 Å². The molecule has 0 atom stereocenters. The lowest BCUT2D eigenvalue weighted by atomic mass is 10.1. The number of hydrogen-bond acceptors (Lipinski definition) is 2. The maximum atomic E-state index is 10.6. The van der Waals surface area contributed by atoms with Crippen molar-refractivity contribution in [3.8, 4) is 0 Å². The summed E-state index contributed by atoms with van der Waals surface area (Å²) >= 11 is 3.25. The number of aryl methyl sites for hydroxylation is 1. The molecule has 0 spiro atoms. The van der Waals surface area contributed by atoms with Crippen LogP contribution in [0.15, 0.2) is 18.2 Å². The molecule has 1 radical (unpaired) electrons. The van der Waals surface area contributed by atoms with E-state index in [1.807, 2.05) is 0 Å². The fourth-order valence-electron chi connectivity index (χ4n) is 1.09. The van der Waals surface area contributed by atoms with E-state index in [2.05, 4.69) is 22.9 Å². The van der Waals surface area contributed by atoms with Crippen LogP contribution in [0.4, 0.5) is 5.69 Å². The Bertz CT molecular complexity index is 325. The van der Waals surface area contributed by atoms with Gasteiger partial charge in [-0.3, -0.25) is 10.1 Å². The van der Waals surface area contributed by atoms with Crippen LogP contribution in [0.25, 0.3) is 0 Å². The minimum absolute atomic E-state index is 0.159. The Balaban J connectivity index is 3.10. The van der Waals surface area contributed by atoms with Crippen LogP contribution in [0.3, 0.4) is 0 Å². The van der Waals surface area contributed by atoms with E-state index >= 15 is 0 Å². The predicted molar refractivity (Wildman–Crippen MR) is 55.1 cm³/mol. The van der Waals surface area contributed by atoms with E-state index in [0.29, 0.717) is 12.0 Å². The fourth-order valence-corrected chi connectivity index (χ4v) is 1.52. The van der Waals surface area contributed by atoms with Crippen LogP contribution < -0.4 is 0 Å². The van der Waals surface area contributed by atoms with Crippen LogP contribution in [0.2, 0.25) is 0 Å². The smallest absolute Gasteiger partial charge is 0.258 e. The van der Waals surface area contributed by atoms with Gasteiger partial charge in [0.2, 0.25) is 0 Å². The third kappa shape index (κ3) is 2.52. The summed E-state index contributed by atoms with van der Waals surface area (Å²) in [6.07, 6.45) is 0.663. The molecule has 4 heteroatoms. The first-order valence-electron chi connectivity index (χ1n) is 3.80. The number of halogens is 1. The first-order chi connectivity index (χ1) is 6.15. The maximum absolute atomic E-state index is 10.6. The lowest BCUT2D eigenvalue weighted by molar-refractivity contribution is -0.385. The Labute approximate surface area is 85.0 Å². The summed E-state index contributed by atoms with van der Waals surface area (Å²) in [6.45, 7) is 3.65. The predicted octanol–water partition coefficient (Wildman–Crippen LogP) is 2.71. The van der Waals surface area contributed by atoms with Crippen molar-refractivity contribution in [2.45, 2.75) is 6.42 Å². The number of benzene rings is 1. The molecule has 0 unspecified atom stereocenters. The Morgan fingerprint density at radius 1 is 1.54 bits per heavy atom. The average Bonchev–Trinajstić information content (AvgIpc) is 2.08. The standard InChI is InChI=1S/C9H9BrNO2/c1-7-2-3-8(4-5-10)9(6-7)11(12)13/h2-3,6H,1,4-5H2. The fraction of sp³-hybridized carbons (Fsp3) is 0.222. The van der Waals surface area contributed by atoms with Crippen LogP contribution in [-0.4, -0.2) is 10.3 Å². The summed E-state index contributed by atoms with van der Waals surface area (Å²) in [5, 5.41) is 11.3. The van der Waals surface area contributed by atoms with E-state index in [-0.39, 0.29) is 10.6 Å². The number of nitro benzene ring substituents is 1. The van der Waals surface area contributed by atoms with E-state index < -0.39 is 0 Å². The molecule has 69 valence electrons. The van der Waals surface area contributed by atoms with Gasteiger partial charge in [0.25, 0.3) is 5.69 Å². The lowest BCUT2D eigenvalue weighted by Crippen LogP contribution is -1.96. The minimum atomic E-state index is -0.368. The van der Waals surface area contributed by atoms with Crippen molar-refractivity contribution in [2.24, 2.45) is 0 Å². The van der Waals surface area contributed by atoms with Crippen molar-refractivity contribution < 1.29 is 4.92 Å². The zero-order chi connectivity index (χ0) is 9.84. The molecule has 0 saturated heterocycles. The van der Waals surface area contributed by atoms with Gasteiger partial charge in [0.1, 0.15) is 0 Å². The number of rotatable bonds is 3. The highest BCUT2D eigenvalue weighted by atomic mass is 79.9. The molecule has 0 fully saturated rings. The highest BCUT2D eigenvalue weighted by molar-refractivity contribution is 9.09.